The first-order valence-electron chi connectivity index (χ1n) is 10.4. The number of amides is 1. The molecule has 0 aliphatic carbocycles. The molecular weight excluding hydrogens is 448 g/mol. The number of carbonyl (C=O) groups is 2. The third kappa shape index (κ3) is 7.62. The molecule has 2 aromatic rings. The summed E-state index contributed by atoms with van der Waals surface area (Å²) in [4.78, 5) is 23.6. The van der Waals surface area contributed by atoms with Gasteiger partial charge in [0.1, 0.15) is 5.75 Å². The second-order valence-corrected chi connectivity index (χ2v) is 8.97. The van der Waals surface area contributed by atoms with Gasteiger partial charge in [0.15, 0.2) is 6.61 Å². The van der Waals surface area contributed by atoms with Gasteiger partial charge in [-0.2, -0.15) is 0 Å². The predicted octanol–water partition coefficient (Wildman–Crippen LogP) is 2.35. The normalized spacial score (nSPS) is 15.8. The van der Waals surface area contributed by atoms with Crippen molar-refractivity contribution in [2.75, 3.05) is 31.6 Å². The zero-order valence-corrected chi connectivity index (χ0v) is 19.0. The van der Waals surface area contributed by atoms with Crippen LogP contribution in [-0.2, 0) is 29.1 Å². The first-order chi connectivity index (χ1) is 15.9. The number of hydrogen-bond acceptors (Lipinski definition) is 7. The van der Waals surface area contributed by atoms with E-state index >= 15 is 0 Å². The number of anilines is 1. The van der Waals surface area contributed by atoms with E-state index in [0.717, 1.165) is 12.8 Å². The van der Waals surface area contributed by atoms with Crippen LogP contribution in [0.3, 0.4) is 0 Å². The fourth-order valence-corrected chi connectivity index (χ4v) is 4.12. The van der Waals surface area contributed by atoms with Crippen LogP contribution in [0.2, 0.25) is 0 Å². The highest BCUT2D eigenvalue weighted by Gasteiger charge is 2.16. The molecule has 1 atom stereocenters. The van der Waals surface area contributed by atoms with Crippen LogP contribution in [0.5, 0.6) is 5.75 Å². The Kier molecular flexibility index (Phi) is 8.45. The average molecular weight is 475 g/mol. The summed E-state index contributed by atoms with van der Waals surface area (Å²) in [6, 6.07) is 12.5. The first-order valence-corrected chi connectivity index (χ1v) is 11.8. The maximum Gasteiger partial charge on any atom is 0.331 e. The van der Waals surface area contributed by atoms with Gasteiger partial charge in [-0.3, -0.25) is 9.52 Å². The molecule has 1 amide bonds. The zero-order chi connectivity index (χ0) is 23.7. The molecule has 3 rings (SSSR count). The van der Waals surface area contributed by atoms with Crippen LogP contribution in [0.1, 0.15) is 18.4 Å². The van der Waals surface area contributed by atoms with Crippen molar-refractivity contribution in [1.29, 1.82) is 0 Å². The lowest BCUT2D eigenvalue weighted by molar-refractivity contribution is -0.143. The van der Waals surface area contributed by atoms with Crippen LogP contribution < -0.4 is 14.8 Å². The Morgan fingerprint density at radius 3 is 2.48 bits per heavy atom. The summed E-state index contributed by atoms with van der Waals surface area (Å²) in [6.07, 6.45) is 4.54. The van der Waals surface area contributed by atoms with Crippen molar-refractivity contribution in [2.24, 2.45) is 0 Å². The summed E-state index contributed by atoms with van der Waals surface area (Å²) < 4.78 is 42.9. The van der Waals surface area contributed by atoms with Crippen LogP contribution in [0.25, 0.3) is 6.08 Å². The van der Waals surface area contributed by atoms with E-state index in [-0.39, 0.29) is 17.6 Å². The fraction of sp³-hybridized carbons (Fsp3) is 0.304. The van der Waals surface area contributed by atoms with Crippen molar-refractivity contribution in [3.05, 3.63) is 60.2 Å². The third-order valence-corrected chi connectivity index (χ3v) is 6.24. The van der Waals surface area contributed by atoms with Crippen LogP contribution in [0.4, 0.5) is 5.69 Å². The highest BCUT2D eigenvalue weighted by molar-refractivity contribution is 7.92. The predicted molar refractivity (Wildman–Crippen MR) is 122 cm³/mol. The number of nitrogens with one attached hydrogen (secondary N) is 2. The largest absolute Gasteiger partial charge is 0.497 e. The molecule has 9 nitrogen and oxygen atoms in total. The Labute approximate surface area is 192 Å². The molecule has 0 saturated carbocycles. The molecule has 33 heavy (non-hydrogen) atoms. The van der Waals surface area contributed by atoms with Gasteiger partial charge in [-0.25, -0.2) is 13.2 Å². The first kappa shape index (κ1) is 24.3. The summed E-state index contributed by atoms with van der Waals surface area (Å²) in [5.74, 6) is -0.460. The molecule has 2 N–H and O–H groups in total. The van der Waals surface area contributed by atoms with E-state index in [4.69, 9.17) is 14.2 Å². The maximum atomic E-state index is 12.5. The number of hydrogen-bond donors (Lipinski definition) is 2. The molecule has 0 bridgehead atoms. The van der Waals surface area contributed by atoms with Crippen LogP contribution >= 0.6 is 0 Å². The van der Waals surface area contributed by atoms with Gasteiger partial charge in [0.25, 0.3) is 15.9 Å². The Morgan fingerprint density at radius 2 is 1.85 bits per heavy atom. The SMILES string of the molecule is COc1ccc(NS(=O)(=O)c2ccc(/C=C/C(=O)OCC(=O)NCC3CCCO3)cc2)cc1. The molecule has 1 aliphatic heterocycles. The minimum Gasteiger partial charge on any atom is -0.497 e. The lowest BCUT2D eigenvalue weighted by Gasteiger charge is -2.10. The number of sulfonamides is 1. The van der Waals surface area contributed by atoms with E-state index in [2.05, 4.69) is 10.0 Å². The second-order valence-electron chi connectivity index (χ2n) is 7.28. The van der Waals surface area contributed by atoms with Crippen LogP contribution in [0, 0.1) is 0 Å². The molecule has 0 spiro atoms. The lowest BCUT2D eigenvalue weighted by atomic mass is 10.2. The standard InChI is InChI=1S/C23H26N2O7S/c1-30-19-9-7-18(8-10-19)25-33(28,29)21-11-4-17(5-12-21)6-13-23(27)32-16-22(26)24-15-20-3-2-14-31-20/h4-13,20,25H,2-3,14-16H2,1H3,(H,24,26)/b13-6+. The van der Waals surface area contributed by atoms with E-state index in [1.54, 1.807) is 36.4 Å². The average Bonchev–Trinajstić information content (AvgIpc) is 3.34. The van der Waals surface area contributed by atoms with Gasteiger partial charge >= 0.3 is 5.97 Å². The quantitative estimate of drug-likeness (QED) is 0.401. The van der Waals surface area contributed by atoms with Gasteiger partial charge in [0.2, 0.25) is 0 Å². The number of esters is 1. The molecule has 1 unspecified atom stereocenters. The molecular formula is C23H26N2O7S. The fourth-order valence-electron chi connectivity index (χ4n) is 3.06. The third-order valence-electron chi connectivity index (χ3n) is 4.84. The Hall–Kier alpha value is -3.37. The van der Waals surface area contributed by atoms with Crippen LogP contribution in [0.15, 0.2) is 59.5 Å². The summed E-state index contributed by atoms with van der Waals surface area (Å²) >= 11 is 0. The van der Waals surface area contributed by atoms with Crippen molar-refractivity contribution >= 4 is 33.7 Å². The van der Waals surface area contributed by atoms with E-state index in [0.29, 0.717) is 30.2 Å². The van der Waals surface area contributed by atoms with Crippen molar-refractivity contribution in [2.45, 2.75) is 23.8 Å². The van der Waals surface area contributed by atoms with E-state index in [1.165, 1.54) is 31.4 Å². The van der Waals surface area contributed by atoms with Crippen molar-refractivity contribution in [3.63, 3.8) is 0 Å². The lowest BCUT2D eigenvalue weighted by Crippen LogP contribution is -2.34. The summed E-state index contributed by atoms with van der Waals surface area (Å²) in [7, 11) is -2.24. The number of benzene rings is 2. The Morgan fingerprint density at radius 1 is 1.12 bits per heavy atom. The van der Waals surface area contributed by atoms with Crippen molar-refractivity contribution < 1.29 is 32.2 Å². The van der Waals surface area contributed by atoms with Gasteiger partial charge in [0, 0.05) is 24.9 Å². The summed E-state index contributed by atoms with van der Waals surface area (Å²) in [5.41, 5.74) is 1.00. The van der Waals surface area contributed by atoms with E-state index in [1.807, 2.05) is 0 Å². The Bertz CT molecular complexity index is 1070. The minimum atomic E-state index is -3.77. The molecule has 1 aliphatic rings. The van der Waals surface area contributed by atoms with E-state index in [9.17, 15) is 18.0 Å². The molecule has 176 valence electrons. The highest BCUT2D eigenvalue weighted by atomic mass is 32.2. The van der Waals surface area contributed by atoms with Gasteiger partial charge in [-0.1, -0.05) is 12.1 Å². The number of carbonyl (C=O) groups excluding carboxylic acids is 2. The zero-order valence-electron chi connectivity index (χ0n) is 18.2. The molecule has 0 aromatic heterocycles. The summed E-state index contributed by atoms with van der Waals surface area (Å²) in [5, 5.41) is 2.66. The topological polar surface area (TPSA) is 120 Å². The number of rotatable bonds is 10. The highest BCUT2D eigenvalue weighted by Crippen LogP contribution is 2.20. The van der Waals surface area contributed by atoms with Gasteiger partial charge < -0.3 is 19.5 Å². The molecule has 10 heteroatoms. The van der Waals surface area contributed by atoms with Gasteiger partial charge in [-0.05, 0) is 60.9 Å². The second kappa shape index (κ2) is 11.5. The number of methoxy groups -OCH3 is 1. The van der Waals surface area contributed by atoms with E-state index < -0.39 is 21.9 Å². The van der Waals surface area contributed by atoms with Crippen molar-refractivity contribution in [3.8, 4) is 5.75 Å². The van der Waals surface area contributed by atoms with Gasteiger partial charge in [0.05, 0.1) is 18.1 Å². The summed E-state index contributed by atoms with van der Waals surface area (Å²) in [6.45, 7) is 0.714. The number of ether oxygens (including phenoxy) is 3. The molecule has 0 radical (unpaired) electrons. The molecule has 1 saturated heterocycles. The molecule has 1 heterocycles. The van der Waals surface area contributed by atoms with Gasteiger partial charge in [-0.15, -0.1) is 0 Å². The molecule has 2 aromatic carbocycles. The Balaban J connectivity index is 1.47. The molecule has 1 fully saturated rings. The van der Waals surface area contributed by atoms with Crippen molar-refractivity contribution in [1.82, 2.24) is 5.32 Å². The minimum absolute atomic E-state index is 0.0164. The smallest absolute Gasteiger partial charge is 0.331 e. The van der Waals surface area contributed by atoms with Crippen LogP contribution in [-0.4, -0.2) is 53.3 Å². The monoisotopic (exact) mass is 474 g/mol. The maximum absolute atomic E-state index is 12.5.